The van der Waals surface area contributed by atoms with E-state index in [0.29, 0.717) is 18.7 Å². The molecule has 1 aromatic carbocycles. The number of alkyl carbamates (subject to hydrolysis) is 1. The number of hydrogen-bond donors (Lipinski definition) is 2. The van der Waals surface area contributed by atoms with Gasteiger partial charge in [-0.2, -0.15) is 0 Å². The van der Waals surface area contributed by atoms with Crippen molar-refractivity contribution in [1.82, 2.24) is 5.32 Å². The average Bonchev–Trinajstić information content (AvgIpc) is 2.34. The second-order valence-corrected chi connectivity index (χ2v) is 3.22. The van der Waals surface area contributed by atoms with Crippen molar-refractivity contribution < 1.29 is 14.5 Å². The summed E-state index contributed by atoms with van der Waals surface area (Å²) in [4.78, 5) is 21.0. The molecular formula is C10H14ClN3O4. The average molecular weight is 276 g/mol. The normalized spacial score (nSPS) is 9.17. The lowest BCUT2D eigenvalue weighted by molar-refractivity contribution is -0.384. The van der Waals surface area contributed by atoms with E-state index >= 15 is 0 Å². The van der Waals surface area contributed by atoms with E-state index in [0.717, 1.165) is 0 Å². The number of non-ortho nitro benzene ring substituents is 1. The van der Waals surface area contributed by atoms with Crippen molar-refractivity contribution in [3.63, 3.8) is 0 Å². The van der Waals surface area contributed by atoms with Gasteiger partial charge in [0.25, 0.3) is 5.69 Å². The number of benzene rings is 1. The Kier molecular flexibility index (Phi) is 7.41. The van der Waals surface area contributed by atoms with Crippen LogP contribution in [0.2, 0.25) is 0 Å². The quantitative estimate of drug-likeness (QED) is 0.620. The highest BCUT2D eigenvalue weighted by Crippen LogP contribution is 2.12. The van der Waals surface area contributed by atoms with Crippen LogP contribution in [0.1, 0.15) is 5.56 Å². The monoisotopic (exact) mass is 275 g/mol. The van der Waals surface area contributed by atoms with Gasteiger partial charge < -0.3 is 15.8 Å². The molecule has 0 fully saturated rings. The van der Waals surface area contributed by atoms with E-state index in [9.17, 15) is 14.9 Å². The largest absolute Gasteiger partial charge is 0.445 e. The molecule has 1 rings (SSSR count). The summed E-state index contributed by atoms with van der Waals surface area (Å²) >= 11 is 0. The second-order valence-electron chi connectivity index (χ2n) is 3.22. The molecule has 0 unspecified atom stereocenters. The van der Waals surface area contributed by atoms with E-state index in [-0.39, 0.29) is 24.7 Å². The number of amides is 1. The van der Waals surface area contributed by atoms with Crippen LogP contribution in [0.3, 0.4) is 0 Å². The van der Waals surface area contributed by atoms with Gasteiger partial charge in [-0.3, -0.25) is 10.1 Å². The summed E-state index contributed by atoms with van der Waals surface area (Å²) in [6, 6.07) is 5.79. The highest BCUT2D eigenvalue weighted by Gasteiger charge is 2.05. The molecular weight excluding hydrogens is 262 g/mol. The third-order valence-corrected chi connectivity index (χ3v) is 1.93. The van der Waals surface area contributed by atoms with Gasteiger partial charge in [0.05, 0.1) is 4.92 Å². The number of nitrogens with one attached hydrogen (secondary N) is 1. The van der Waals surface area contributed by atoms with Gasteiger partial charge in [-0.15, -0.1) is 12.4 Å². The first-order valence-corrected chi connectivity index (χ1v) is 4.97. The van der Waals surface area contributed by atoms with Crippen molar-refractivity contribution in [3.05, 3.63) is 39.9 Å². The molecule has 0 aliphatic carbocycles. The van der Waals surface area contributed by atoms with Crippen molar-refractivity contribution in [2.75, 3.05) is 13.1 Å². The molecule has 0 aliphatic heterocycles. The van der Waals surface area contributed by atoms with Crippen molar-refractivity contribution in [2.24, 2.45) is 5.73 Å². The highest BCUT2D eigenvalue weighted by atomic mass is 35.5. The van der Waals surface area contributed by atoms with Crippen LogP contribution in [0.25, 0.3) is 0 Å². The van der Waals surface area contributed by atoms with E-state index in [1.807, 2.05) is 0 Å². The number of carbonyl (C=O) groups is 1. The summed E-state index contributed by atoms with van der Waals surface area (Å²) in [7, 11) is 0. The number of nitro benzene ring substituents is 1. The molecule has 0 radical (unpaired) electrons. The van der Waals surface area contributed by atoms with Gasteiger partial charge >= 0.3 is 6.09 Å². The molecule has 7 nitrogen and oxygen atoms in total. The van der Waals surface area contributed by atoms with Crippen LogP contribution in [-0.2, 0) is 11.3 Å². The van der Waals surface area contributed by atoms with E-state index < -0.39 is 11.0 Å². The molecule has 0 heterocycles. The Morgan fingerprint density at radius 3 is 2.50 bits per heavy atom. The van der Waals surface area contributed by atoms with Gasteiger partial charge in [0, 0.05) is 25.2 Å². The number of halogens is 1. The topological polar surface area (TPSA) is 107 Å². The lowest BCUT2D eigenvalue weighted by Crippen LogP contribution is -2.29. The van der Waals surface area contributed by atoms with Gasteiger partial charge in [-0.25, -0.2) is 4.79 Å². The van der Waals surface area contributed by atoms with Crippen LogP contribution >= 0.6 is 12.4 Å². The van der Waals surface area contributed by atoms with Gasteiger partial charge in [0.1, 0.15) is 6.61 Å². The number of nitro groups is 1. The molecule has 1 aromatic rings. The molecule has 0 aromatic heterocycles. The standard InChI is InChI=1S/C10H13N3O4.ClH/c11-5-6-12-10(14)17-7-8-1-3-9(4-2-8)13(15)16;/h1-4H,5-7,11H2,(H,12,14);1H. The zero-order valence-electron chi connectivity index (χ0n) is 9.50. The molecule has 0 saturated carbocycles. The Bertz CT molecular complexity index is 397. The molecule has 3 N–H and O–H groups in total. The summed E-state index contributed by atoms with van der Waals surface area (Å²) in [6.45, 7) is 0.750. The van der Waals surface area contributed by atoms with Gasteiger partial charge in [0.2, 0.25) is 0 Å². The molecule has 0 atom stereocenters. The Balaban J connectivity index is 0.00000289. The van der Waals surface area contributed by atoms with Crippen LogP contribution in [-0.4, -0.2) is 24.1 Å². The summed E-state index contributed by atoms with van der Waals surface area (Å²) in [6.07, 6.45) is -0.561. The maximum absolute atomic E-state index is 11.1. The second kappa shape index (κ2) is 8.26. The molecule has 18 heavy (non-hydrogen) atoms. The van der Waals surface area contributed by atoms with Gasteiger partial charge in [-0.1, -0.05) is 0 Å². The summed E-state index contributed by atoms with van der Waals surface area (Å²) in [5, 5.41) is 12.8. The molecule has 1 amide bonds. The predicted octanol–water partition coefficient (Wildman–Crippen LogP) is 1.20. The minimum Gasteiger partial charge on any atom is -0.445 e. The van der Waals surface area contributed by atoms with Crippen molar-refractivity contribution in [2.45, 2.75) is 6.61 Å². The number of nitrogens with two attached hydrogens (primary N) is 1. The first-order chi connectivity index (χ1) is 8.13. The lowest BCUT2D eigenvalue weighted by Gasteiger charge is -2.05. The van der Waals surface area contributed by atoms with Crippen LogP contribution < -0.4 is 11.1 Å². The Hall–Kier alpha value is -1.86. The third-order valence-electron chi connectivity index (χ3n) is 1.93. The third kappa shape index (κ3) is 5.46. The minimum atomic E-state index is -0.561. The maximum Gasteiger partial charge on any atom is 0.407 e. The first kappa shape index (κ1) is 16.1. The Morgan fingerprint density at radius 1 is 1.39 bits per heavy atom. The molecule has 0 aliphatic rings. The van der Waals surface area contributed by atoms with Crippen LogP contribution in [0.5, 0.6) is 0 Å². The molecule has 0 saturated heterocycles. The zero-order chi connectivity index (χ0) is 12.7. The van der Waals surface area contributed by atoms with E-state index in [1.165, 1.54) is 24.3 Å². The van der Waals surface area contributed by atoms with Gasteiger partial charge in [-0.05, 0) is 17.7 Å². The zero-order valence-corrected chi connectivity index (χ0v) is 10.3. The number of ether oxygens (including phenoxy) is 1. The SMILES string of the molecule is Cl.NCCNC(=O)OCc1ccc([N+](=O)[O-])cc1. The van der Waals surface area contributed by atoms with E-state index in [1.54, 1.807) is 0 Å². The minimum absolute atomic E-state index is 0. The number of hydrogen-bond acceptors (Lipinski definition) is 5. The Morgan fingerprint density at radius 2 is 2.00 bits per heavy atom. The highest BCUT2D eigenvalue weighted by molar-refractivity contribution is 5.85. The van der Waals surface area contributed by atoms with Crippen LogP contribution in [0, 0.1) is 10.1 Å². The summed E-state index contributed by atoms with van der Waals surface area (Å²) < 4.78 is 4.86. The van der Waals surface area contributed by atoms with Crippen LogP contribution in [0.15, 0.2) is 24.3 Å². The molecule has 100 valence electrons. The van der Waals surface area contributed by atoms with E-state index in [4.69, 9.17) is 10.5 Å². The predicted molar refractivity (Wildman–Crippen MR) is 67.6 cm³/mol. The maximum atomic E-state index is 11.1. The fraction of sp³-hybridized carbons (Fsp3) is 0.300. The summed E-state index contributed by atoms with van der Waals surface area (Å²) in [5.74, 6) is 0. The van der Waals surface area contributed by atoms with Gasteiger partial charge in [0.15, 0.2) is 0 Å². The van der Waals surface area contributed by atoms with Crippen molar-refractivity contribution in [1.29, 1.82) is 0 Å². The molecule has 0 spiro atoms. The van der Waals surface area contributed by atoms with Crippen molar-refractivity contribution in [3.8, 4) is 0 Å². The molecule has 8 heteroatoms. The first-order valence-electron chi connectivity index (χ1n) is 4.97. The smallest absolute Gasteiger partial charge is 0.407 e. The van der Waals surface area contributed by atoms with E-state index in [2.05, 4.69) is 5.32 Å². The number of carbonyl (C=O) groups excluding carboxylic acids is 1. The lowest BCUT2D eigenvalue weighted by atomic mass is 10.2. The Labute approximate surface area is 110 Å². The molecule has 0 bridgehead atoms. The summed E-state index contributed by atoms with van der Waals surface area (Å²) in [5.41, 5.74) is 5.88. The number of rotatable bonds is 5. The fourth-order valence-corrected chi connectivity index (χ4v) is 1.09. The fourth-order valence-electron chi connectivity index (χ4n) is 1.09. The van der Waals surface area contributed by atoms with Crippen LogP contribution in [0.4, 0.5) is 10.5 Å². The number of nitrogens with zero attached hydrogens (tertiary/aromatic N) is 1. The van der Waals surface area contributed by atoms with Crippen molar-refractivity contribution >= 4 is 24.2 Å².